The van der Waals surface area contributed by atoms with Crippen molar-refractivity contribution in [1.29, 1.82) is 0 Å². The Bertz CT molecular complexity index is 1380. The van der Waals surface area contributed by atoms with Gasteiger partial charge in [0.15, 0.2) is 4.80 Å². The van der Waals surface area contributed by atoms with Crippen LogP contribution in [0.2, 0.25) is 5.02 Å². The topological polar surface area (TPSA) is 60.7 Å². The molecule has 0 bridgehead atoms. The van der Waals surface area contributed by atoms with Gasteiger partial charge in [0.05, 0.1) is 28.5 Å². The summed E-state index contributed by atoms with van der Waals surface area (Å²) in [5.41, 5.74) is 2.49. The number of benzene rings is 2. The monoisotopic (exact) mass is 464 g/mol. The van der Waals surface area contributed by atoms with Crippen LogP contribution < -0.4 is 14.9 Å². The van der Waals surface area contributed by atoms with E-state index in [1.165, 1.54) is 11.3 Å². The molecule has 162 valence electrons. The molecule has 1 unspecified atom stereocenters. The average Bonchev–Trinajstić information content (AvgIpc) is 3.09. The molecular formula is C25H21ClN2O3S. The fourth-order valence-electron chi connectivity index (χ4n) is 3.58. The van der Waals surface area contributed by atoms with E-state index in [-0.39, 0.29) is 12.2 Å². The van der Waals surface area contributed by atoms with Crippen molar-refractivity contribution in [3.8, 4) is 0 Å². The van der Waals surface area contributed by atoms with Crippen LogP contribution in [0, 0.1) is 0 Å². The molecule has 0 radical (unpaired) electrons. The Morgan fingerprint density at radius 1 is 1.19 bits per heavy atom. The van der Waals surface area contributed by atoms with Crippen LogP contribution in [0.15, 0.2) is 81.7 Å². The fraction of sp³-hybridized carbons (Fsp3) is 0.160. The van der Waals surface area contributed by atoms with Crippen molar-refractivity contribution in [2.24, 2.45) is 4.99 Å². The van der Waals surface area contributed by atoms with Gasteiger partial charge in [-0.25, -0.2) is 9.79 Å². The minimum absolute atomic E-state index is 0.208. The molecule has 0 spiro atoms. The van der Waals surface area contributed by atoms with Crippen molar-refractivity contribution in [2.75, 3.05) is 6.61 Å². The van der Waals surface area contributed by atoms with Crippen LogP contribution in [-0.4, -0.2) is 17.1 Å². The van der Waals surface area contributed by atoms with E-state index in [9.17, 15) is 9.59 Å². The summed E-state index contributed by atoms with van der Waals surface area (Å²) in [6.45, 7) is 3.75. The highest BCUT2D eigenvalue weighted by Gasteiger charge is 2.33. The largest absolute Gasteiger partial charge is 0.463 e. The summed E-state index contributed by atoms with van der Waals surface area (Å²) in [5.74, 6) is -0.480. The summed E-state index contributed by atoms with van der Waals surface area (Å²) < 4.78 is 7.39. The van der Waals surface area contributed by atoms with Gasteiger partial charge in [0.1, 0.15) is 0 Å². The van der Waals surface area contributed by atoms with Gasteiger partial charge in [0.25, 0.3) is 5.56 Å². The summed E-state index contributed by atoms with van der Waals surface area (Å²) in [4.78, 5) is 31.3. The second-order valence-electron chi connectivity index (χ2n) is 7.15. The zero-order valence-electron chi connectivity index (χ0n) is 17.6. The van der Waals surface area contributed by atoms with Gasteiger partial charge in [-0.15, -0.1) is 0 Å². The predicted octanol–water partition coefficient (Wildman–Crippen LogP) is 4.12. The Labute approximate surface area is 194 Å². The zero-order valence-corrected chi connectivity index (χ0v) is 19.2. The first-order valence-electron chi connectivity index (χ1n) is 10.2. The van der Waals surface area contributed by atoms with Crippen molar-refractivity contribution in [3.05, 3.63) is 108 Å². The average molecular weight is 465 g/mol. The van der Waals surface area contributed by atoms with Crippen LogP contribution >= 0.6 is 22.9 Å². The van der Waals surface area contributed by atoms with Crippen molar-refractivity contribution in [1.82, 2.24) is 4.57 Å². The molecule has 0 saturated carbocycles. The quantitative estimate of drug-likeness (QED) is 0.534. The zero-order chi connectivity index (χ0) is 22.7. The Morgan fingerprint density at radius 3 is 2.59 bits per heavy atom. The molecule has 0 aliphatic carbocycles. The molecular weight excluding hydrogens is 444 g/mol. The van der Waals surface area contributed by atoms with Gasteiger partial charge in [0.2, 0.25) is 0 Å². The lowest BCUT2D eigenvalue weighted by Crippen LogP contribution is -2.39. The number of ether oxygens (including phenoxy) is 1. The van der Waals surface area contributed by atoms with Crippen molar-refractivity contribution in [3.63, 3.8) is 0 Å². The molecule has 1 aliphatic heterocycles. The lowest BCUT2D eigenvalue weighted by atomic mass is 9.96. The lowest BCUT2D eigenvalue weighted by Gasteiger charge is -2.24. The molecule has 0 saturated heterocycles. The van der Waals surface area contributed by atoms with E-state index in [0.717, 1.165) is 11.1 Å². The maximum atomic E-state index is 13.4. The van der Waals surface area contributed by atoms with Crippen LogP contribution in [-0.2, 0) is 9.53 Å². The van der Waals surface area contributed by atoms with Crippen molar-refractivity contribution >= 4 is 41.1 Å². The van der Waals surface area contributed by atoms with Crippen LogP contribution in [0.1, 0.15) is 31.0 Å². The van der Waals surface area contributed by atoms with E-state index in [2.05, 4.69) is 4.99 Å². The summed E-state index contributed by atoms with van der Waals surface area (Å²) in [5, 5.41) is 0.575. The highest BCUT2D eigenvalue weighted by molar-refractivity contribution is 7.07. The highest BCUT2D eigenvalue weighted by atomic mass is 35.5. The predicted molar refractivity (Wildman–Crippen MR) is 128 cm³/mol. The minimum atomic E-state index is -0.636. The molecule has 7 heteroatoms. The molecule has 1 aromatic heterocycles. The molecule has 2 aromatic carbocycles. The van der Waals surface area contributed by atoms with Crippen molar-refractivity contribution in [2.45, 2.75) is 19.9 Å². The first-order valence-corrected chi connectivity index (χ1v) is 11.4. The number of aromatic nitrogens is 1. The van der Waals surface area contributed by atoms with E-state index in [0.29, 0.717) is 25.6 Å². The number of hydrogen-bond acceptors (Lipinski definition) is 5. The Morgan fingerprint density at radius 2 is 1.91 bits per heavy atom. The number of thiazole rings is 1. The van der Waals surface area contributed by atoms with E-state index in [1.807, 2.05) is 54.6 Å². The summed E-state index contributed by atoms with van der Waals surface area (Å²) in [7, 11) is 0. The Hall–Kier alpha value is -3.22. The van der Waals surface area contributed by atoms with Crippen LogP contribution in [0.25, 0.3) is 12.2 Å². The number of carbonyl (C=O) groups is 1. The van der Waals surface area contributed by atoms with Crippen LogP contribution in [0.4, 0.5) is 0 Å². The van der Waals surface area contributed by atoms with E-state index >= 15 is 0 Å². The third kappa shape index (κ3) is 4.38. The number of carbonyl (C=O) groups excluding carboxylic acids is 1. The first-order chi connectivity index (χ1) is 15.5. The number of fused-ring (bicyclic) bond motifs is 1. The normalized spacial score (nSPS) is 16.2. The molecule has 0 N–H and O–H groups in total. The van der Waals surface area contributed by atoms with Gasteiger partial charge in [-0.05, 0) is 43.2 Å². The fourth-order valence-corrected chi connectivity index (χ4v) is 4.70. The van der Waals surface area contributed by atoms with Crippen LogP contribution in [0.5, 0.6) is 0 Å². The van der Waals surface area contributed by atoms with Gasteiger partial charge in [-0.3, -0.25) is 9.36 Å². The second kappa shape index (κ2) is 9.51. The molecule has 32 heavy (non-hydrogen) atoms. The lowest BCUT2D eigenvalue weighted by molar-refractivity contribution is -0.139. The van der Waals surface area contributed by atoms with Gasteiger partial charge in [-0.1, -0.05) is 77.6 Å². The highest BCUT2D eigenvalue weighted by Crippen LogP contribution is 2.31. The van der Waals surface area contributed by atoms with E-state index in [4.69, 9.17) is 16.3 Å². The standard InChI is InChI=1S/C25H21ClN2O3S/c1-3-31-24(30)21-16(2)27-25-28(22(21)18-12-14-19(26)15-13-18)23(29)20(32-25)11-7-10-17-8-5-4-6-9-17/h4-15,22H,3H2,1-2H3/b10-7-,20-11+. The molecule has 2 heterocycles. The van der Waals surface area contributed by atoms with E-state index in [1.54, 1.807) is 36.6 Å². The molecule has 1 atom stereocenters. The van der Waals surface area contributed by atoms with Gasteiger partial charge < -0.3 is 4.74 Å². The molecule has 4 rings (SSSR count). The number of allylic oxidation sites excluding steroid dienone is 2. The summed E-state index contributed by atoms with van der Waals surface area (Å²) in [6.07, 6.45) is 5.56. The smallest absolute Gasteiger partial charge is 0.338 e. The van der Waals surface area contributed by atoms with E-state index < -0.39 is 12.0 Å². The summed E-state index contributed by atoms with van der Waals surface area (Å²) >= 11 is 7.36. The number of nitrogens with zero attached hydrogens (tertiary/aromatic N) is 2. The number of rotatable bonds is 5. The molecule has 5 nitrogen and oxygen atoms in total. The second-order valence-corrected chi connectivity index (χ2v) is 8.59. The molecule has 0 amide bonds. The van der Waals surface area contributed by atoms with Gasteiger partial charge >= 0.3 is 5.97 Å². The Balaban J connectivity index is 1.86. The SMILES string of the molecule is CCOC(=O)C1=C(C)N=c2s/c(=C/C=C\c3ccccc3)c(=O)n2C1c1ccc(Cl)cc1. The van der Waals surface area contributed by atoms with Crippen LogP contribution in [0.3, 0.4) is 0 Å². The van der Waals surface area contributed by atoms with Gasteiger partial charge in [0, 0.05) is 5.02 Å². The molecule has 3 aromatic rings. The molecule has 1 aliphatic rings. The van der Waals surface area contributed by atoms with Crippen molar-refractivity contribution < 1.29 is 9.53 Å². The maximum absolute atomic E-state index is 13.4. The number of halogens is 1. The third-order valence-corrected chi connectivity index (χ3v) is 6.29. The maximum Gasteiger partial charge on any atom is 0.338 e. The molecule has 0 fully saturated rings. The third-order valence-electron chi connectivity index (χ3n) is 5.04. The Kier molecular flexibility index (Phi) is 6.53. The number of hydrogen-bond donors (Lipinski definition) is 0. The first kappa shape index (κ1) is 22.0. The van der Waals surface area contributed by atoms with Gasteiger partial charge in [-0.2, -0.15) is 0 Å². The minimum Gasteiger partial charge on any atom is -0.463 e. The summed E-state index contributed by atoms with van der Waals surface area (Å²) in [6, 6.07) is 16.3. The number of esters is 1.